The quantitative estimate of drug-likeness (QED) is 0.677. The summed E-state index contributed by atoms with van der Waals surface area (Å²) in [5, 5.41) is 5.99. The Kier molecular flexibility index (Phi) is 4.53. The van der Waals surface area contributed by atoms with Gasteiger partial charge >= 0.3 is 0 Å². The van der Waals surface area contributed by atoms with Gasteiger partial charge in [-0.1, -0.05) is 60.7 Å². The van der Waals surface area contributed by atoms with E-state index in [1.165, 1.54) is 10.4 Å². The fourth-order valence-electron chi connectivity index (χ4n) is 1.86. The lowest BCUT2D eigenvalue weighted by atomic mass is 10.2. The summed E-state index contributed by atoms with van der Waals surface area (Å²) in [6.45, 7) is 6.17. The van der Waals surface area contributed by atoms with Crippen LogP contribution in [0.2, 0.25) is 0 Å². The van der Waals surface area contributed by atoms with Crippen molar-refractivity contribution in [2.45, 2.75) is 26.4 Å². The van der Waals surface area contributed by atoms with Gasteiger partial charge in [-0.25, -0.2) is 5.15 Å². The molecule has 0 amide bonds. The molecule has 0 aliphatic carbocycles. The maximum Gasteiger partial charge on any atom is 0.202 e. The molecule has 0 bridgehead atoms. The fourth-order valence-corrected chi connectivity index (χ4v) is 4.20. The summed E-state index contributed by atoms with van der Waals surface area (Å²) in [7, 11) is -1.52. The van der Waals surface area contributed by atoms with Crippen LogP contribution < -0.4 is 15.5 Å². The van der Waals surface area contributed by atoms with E-state index in [2.05, 4.69) is 74.4 Å². The van der Waals surface area contributed by atoms with Gasteiger partial charge in [-0.2, -0.15) is 0 Å². The van der Waals surface area contributed by atoms with Gasteiger partial charge in [0.15, 0.2) is 0 Å². The van der Waals surface area contributed by atoms with Gasteiger partial charge in [-0.3, -0.25) is 0 Å². The fraction of sp³-hybridized carbons (Fsp3) is 0.250. The number of nitrogens with one attached hydrogen (secondary N) is 1. The van der Waals surface area contributed by atoms with Crippen LogP contribution in [0.15, 0.2) is 60.7 Å². The minimum absolute atomic E-state index is 0.186. The highest BCUT2D eigenvalue weighted by Gasteiger charge is 2.19. The molecule has 0 aliphatic heterocycles. The van der Waals surface area contributed by atoms with Gasteiger partial charge < -0.3 is 4.84 Å². The Hall–Kier alpha value is -1.42. The molecular formula is C16H21NOSi. The number of benzene rings is 2. The Morgan fingerprint density at radius 2 is 1.21 bits per heavy atom. The third-order valence-electron chi connectivity index (χ3n) is 2.75. The molecule has 1 N–H and O–H groups in total. The molecule has 0 heterocycles. The van der Waals surface area contributed by atoms with E-state index >= 15 is 0 Å². The maximum atomic E-state index is 5.81. The van der Waals surface area contributed by atoms with Crippen molar-refractivity contribution in [3.8, 4) is 0 Å². The lowest BCUT2D eigenvalue weighted by Crippen LogP contribution is -2.55. The highest BCUT2D eigenvalue weighted by atomic mass is 28.3. The smallest absolute Gasteiger partial charge is 0.202 e. The molecule has 0 fully saturated rings. The summed E-state index contributed by atoms with van der Waals surface area (Å²) in [6, 6.07) is 21.1. The van der Waals surface area contributed by atoms with Crippen LogP contribution in [0.1, 0.15) is 20.8 Å². The topological polar surface area (TPSA) is 21.3 Å². The van der Waals surface area contributed by atoms with Crippen LogP contribution in [-0.4, -0.2) is 14.6 Å². The van der Waals surface area contributed by atoms with Crippen LogP contribution in [-0.2, 0) is 4.84 Å². The molecule has 2 aromatic carbocycles. The van der Waals surface area contributed by atoms with Gasteiger partial charge in [0.05, 0.1) is 5.60 Å². The first kappa shape index (κ1) is 14.0. The van der Waals surface area contributed by atoms with Crippen LogP contribution in [0.25, 0.3) is 0 Å². The molecule has 0 aliphatic rings. The van der Waals surface area contributed by atoms with E-state index in [1.54, 1.807) is 0 Å². The zero-order chi connectivity index (χ0) is 13.7. The van der Waals surface area contributed by atoms with Gasteiger partial charge in [-0.15, -0.1) is 0 Å². The van der Waals surface area contributed by atoms with Crippen LogP contribution >= 0.6 is 0 Å². The molecule has 0 aromatic heterocycles. The van der Waals surface area contributed by atoms with Crippen molar-refractivity contribution in [2.75, 3.05) is 0 Å². The Labute approximate surface area is 117 Å². The average Bonchev–Trinajstić information content (AvgIpc) is 2.40. The molecule has 0 saturated carbocycles. The largest absolute Gasteiger partial charge is 0.303 e. The molecule has 2 nitrogen and oxygen atoms in total. The molecule has 0 radical (unpaired) electrons. The van der Waals surface area contributed by atoms with Gasteiger partial charge in [0.25, 0.3) is 0 Å². The van der Waals surface area contributed by atoms with Gasteiger partial charge in [0, 0.05) is 0 Å². The molecule has 0 unspecified atom stereocenters. The van der Waals surface area contributed by atoms with Crippen molar-refractivity contribution in [1.29, 1.82) is 0 Å². The lowest BCUT2D eigenvalue weighted by molar-refractivity contribution is -0.0378. The SMILES string of the molecule is CC(C)(C)ON[SiH](c1ccccc1)c1ccccc1. The van der Waals surface area contributed by atoms with Crippen molar-refractivity contribution in [3.63, 3.8) is 0 Å². The third kappa shape index (κ3) is 4.31. The van der Waals surface area contributed by atoms with Crippen molar-refractivity contribution in [1.82, 2.24) is 5.15 Å². The molecule has 100 valence electrons. The van der Waals surface area contributed by atoms with Gasteiger partial charge in [-0.05, 0) is 31.1 Å². The number of rotatable bonds is 4. The Balaban J connectivity index is 2.24. The summed E-state index contributed by atoms with van der Waals surface area (Å²) < 4.78 is 0. The standard InChI is InChI=1S/C16H21NOSi/c1-16(2,3)18-17-19(14-10-6-4-7-11-14)15-12-8-5-9-13-15/h4-13,17,19H,1-3H3. The van der Waals surface area contributed by atoms with E-state index in [0.717, 1.165) is 0 Å². The van der Waals surface area contributed by atoms with E-state index in [9.17, 15) is 0 Å². The molecule has 0 saturated heterocycles. The molecular weight excluding hydrogens is 250 g/mol. The van der Waals surface area contributed by atoms with E-state index < -0.39 is 8.96 Å². The second-order valence-corrected chi connectivity index (χ2v) is 8.02. The normalized spacial score (nSPS) is 11.8. The number of hydrogen-bond donors (Lipinski definition) is 1. The second kappa shape index (κ2) is 6.15. The van der Waals surface area contributed by atoms with Crippen molar-refractivity contribution >= 4 is 19.3 Å². The Morgan fingerprint density at radius 1 is 0.789 bits per heavy atom. The summed E-state index contributed by atoms with van der Waals surface area (Å²) in [5.74, 6) is 0. The van der Waals surface area contributed by atoms with Gasteiger partial charge in [0.2, 0.25) is 8.96 Å². The first-order valence-electron chi connectivity index (χ1n) is 6.60. The number of hydrogen-bond acceptors (Lipinski definition) is 2. The first-order chi connectivity index (χ1) is 9.06. The molecule has 19 heavy (non-hydrogen) atoms. The average molecular weight is 271 g/mol. The molecule has 0 spiro atoms. The van der Waals surface area contributed by atoms with Gasteiger partial charge in [0.1, 0.15) is 0 Å². The van der Waals surface area contributed by atoms with Crippen molar-refractivity contribution < 1.29 is 4.84 Å². The van der Waals surface area contributed by atoms with E-state index in [0.29, 0.717) is 0 Å². The van der Waals surface area contributed by atoms with Crippen molar-refractivity contribution in [3.05, 3.63) is 60.7 Å². The molecule has 3 heteroatoms. The van der Waals surface area contributed by atoms with E-state index in [1.807, 2.05) is 12.1 Å². The Bertz CT molecular complexity index is 454. The highest BCUT2D eigenvalue weighted by molar-refractivity contribution is 6.82. The zero-order valence-electron chi connectivity index (χ0n) is 11.8. The summed E-state index contributed by atoms with van der Waals surface area (Å²) in [5.41, 5.74) is -0.186. The zero-order valence-corrected chi connectivity index (χ0v) is 12.9. The lowest BCUT2D eigenvalue weighted by Gasteiger charge is -2.25. The summed E-state index contributed by atoms with van der Waals surface area (Å²) in [4.78, 5) is 5.81. The molecule has 0 atom stereocenters. The predicted molar refractivity (Wildman–Crippen MR) is 83.3 cm³/mol. The van der Waals surface area contributed by atoms with Crippen LogP contribution in [0.3, 0.4) is 0 Å². The minimum Gasteiger partial charge on any atom is -0.303 e. The molecule has 2 aromatic rings. The van der Waals surface area contributed by atoms with E-state index in [4.69, 9.17) is 4.84 Å². The molecule has 2 rings (SSSR count). The van der Waals surface area contributed by atoms with Crippen LogP contribution in [0.4, 0.5) is 0 Å². The third-order valence-corrected chi connectivity index (χ3v) is 5.21. The summed E-state index contributed by atoms with van der Waals surface area (Å²) in [6.07, 6.45) is 0. The maximum absolute atomic E-state index is 5.81. The second-order valence-electron chi connectivity index (χ2n) is 5.59. The monoisotopic (exact) mass is 271 g/mol. The predicted octanol–water partition coefficient (Wildman–Crippen LogP) is 1.84. The highest BCUT2D eigenvalue weighted by Crippen LogP contribution is 2.04. The minimum atomic E-state index is -1.52. The Morgan fingerprint density at radius 3 is 1.58 bits per heavy atom. The van der Waals surface area contributed by atoms with Crippen LogP contribution in [0, 0.1) is 0 Å². The first-order valence-corrected chi connectivity index (χ1v) is 8.33. The van der Waals surface area contributed by atoms with E-state index in [-0.39, 0.29) is 5.60 Å². The summed E-state index contributed by atoms with van der Waals surface area (Å²) >= 11 is 0. The van der Waals surface area contributed by atoms with Crippen LogP contribution in [0.5, 0.6) is 0 Å². The van der Waals surface area contributed by atoms with Crippen molar-refractivity contribution in [2.24, 2.45) is 0 Å².